The third-order valence-corrected chi connectivity index (χ3v) is 4.53. The molecule has 0 saturated heterocycles. The second kappa shape index (κ2) is 10.3. The van der Waals surface area contributed by atoms with Gasteiger partial charge >= 0.3 is 0 Å². The van der Waals surface area contributed by atoms with Crippen molar-refractivity contribution in [2.24, 2.45) is 0 Å². The summed E-state index contributed by atoms with van der Waals surface area (Å²) in [7, 11) is 0. The molecule has 1 aromatic rings. The molecule has 0 bridgehead atoms. The Labute approximate surface area is 123 Å². The average Bonchev–Trinajstić information content (AvgIpc) is 2.42. The summed E-state index contributed by atoms with van der Waals surface area (Å²) in [4.78, 5) is 0. The molecule has 0 aliphatic heterocycles. The van der Waals surface area contributed by atoms with Crippen molar-refractivity contribution in [1.82, 2.24) is 5.32 Å². The van der Waals surface area contributed by atoms with Gasteiger partial charge in [-0.05, 0) is 56.5 Å². The maximum Gasteiger partial charge on any atom is 0.0187 e. The van der Waals surface area contributed by atoms with E-state index in [1.54, 1.807) is 0 Å². The fourth-order valence-electron chi connectivity index (χ4n) is 2.10. The van der Waals surface area contributed by atoms with Crippen LogP contribution in [0, 0.1) is 6.92 Å². The van der Waals surface area contributed by atoms with Crippen molar-refractivity contribution in [3.63, 3.8) is 0 Å². The zero-order valence-electron chi connectivity index (χ0n) is 12.7. The number of hydrogen-bond donors (Lipinski definition) is 1. The van der Waals surface area contributed by atoms with E-state index in [2.05, 4.69) is 62.1 Å². The van der Waals surface area contributed by atoms with Crippen LogP contribution in [0.15, 0.2) is 24.3 Å². The first-order valence-corrected chi connectivity index (χ1v) is 8.75. The monoisotopic (exact) mass is 279 g/mol. The van der Waals surface area contributed by atoms with Crippen LogP contribution in [0.3, 0.4) is 0 Å². The second-order valence-electron chi connectivity index (χ2n) is 5.33. The summed E-state index contributed by atoms with van der Waals surface area (Å²) in [6, 6.07) is 9.40. The van der Waals surface area contributed by atoms with Gasteiger partial charge in [0, 0.05) is 11.8 Å². The van der Waals surface area contributed by atoms with E-state index in [0.29, 0.717) is 6.04 Å². The molecule has 1 N–H and O–H groups in total. The van der Waals surface area contributed by atoms with Crippen LogP contribution < -0.4 is 5.32 Å². The van der Waals surface area contributed by atoms with Crippen molar-refractivity contribution < 1.29 is 0 Å². The summed E-state index contributed by atoms with van der Waals surface area (Å²) < 4.78 is 0. The molecule has 1 unspecified atom stereocenters. The molecule has 0 fully saturated rings. The van der Waals surface area contributed by atoms with E-state index >= 15 is 0 Å². The molecule has 0 aliphatic rings. The van der Waals surface area contributed by atoms with E-state index in [4.69, 9.17) is 0 Å². The maximum atomic E-state index is 3.55. The molecule has 0 heterocycles. The third-order valence-electron chi connectivity index (χ3n) is 3.44. The highest BCUT2D eigenvalue weighted by Crippen LogP contribution is 2.17. The fourth-order valence-corrected chi connectivity index (χ4v) is 3.20. The summed E-state index contributed by atoms with van der Waals surface area (Å²) >= 11 is 2.07. The van der Waals surface area contributed by atoms with Crippen LogP contribution in [0.2, 0.25) is 0 Å². The van der Waals surface area contributed by atoms with Crippen molar-refractivity contribution >= 4 is 11.8 Å². The Balaban J connectivity index is 2.01. The molecule has 1 rings (SSSR count). The van der Waals surface area contributed by atoms with Gasteiger partial charge in [-0.2, -0.15) is 11.8 Å². The van der Waals surface area contributed by atoms with Crippen LogP contribution in [0.4, 0.5) is 0 Å². The van der Waals surface area contributed by atoms with Gasteiger partial charge < -0.3 is 5.32 Å². The summed E-state index contributed by atoms with van der Waals surface area (Å²) in [6.45, 7) is 7.89. The predicted octanol–water partition coefficient (Wildman–Crippen LogP) is 4.79. The van der Waals surface area contributed by atoms with Crippen molar-refractivity contribution in [2.45, 2.75) is 58.2 Å². The van der Waals surface area contributed by atoms with Gasteiger partial charge in [-0.15, -0.1) is 0 Å². The molecule has 0 amide bonds. The molecule has 19 heavy (non-hydrogen) atoms. The zero-order chi connectivity index (χ0) is 13.9. The standard InChI is InChI=1S/C17H29NS/c1-4-12-18-16(3)10-7-8-13-19-14-17-11-6-5-9-15(17)2/h5-6,9,11,16,18H,4,7-8,10,12-14H2,1-3H3. The van der Waals surface area contributed by atoms with E-state index in [1.165, 1.54) is 42.6 Å². The molecule has 108 valence electrons. The number of nitrogens with one attached hydrogen (secondary N) is 1. The van der Waals surface area contributed by atoms with Crippen LogP contribution in [0.1, 0.15) is 50.7 Å². The number of aryl methyl sites for hydroxylation is 1. The van der Waals surface area contributed by atoms with Crippen LogP contribution in [0.5, 0.6) is 0 Å². The second-order valence-corrected chi connectivity index (χ2v) is 6.44. The first-order valence-electron chi connectivity index (χ1n) is 7.59. The third kappa shape index (κ3) is 7.64. The number of unbranched alkanes of at least 4 members (excludes halogenated alkanes) is 1. The van der Waals surface area contributed by atoms with Gasteiger partial charge in [-0.1, -0.05) is 37.6 Å². The van der Waals surface area contributed by atoms with E-state index in [0.717, 1.165) is 12.3 Å². The van der Waals surface area contributed by atoms with Crippen molar-refractivity contribution in [2.75, 3.05) is 12.3 Å². The average molecular weight is 279 g/mol. The lowest BCUT2D eigenvalue weighted by molar-refractivity contribution is 0.496. The minimum Gasteiger partial charge on any atom is -0.314 e. The minimum atomic E-state index is 0.682. The van der Waals surface area contributed by atoms with Gasteiger partial charge in [0.1, 0.15) is 0 Å². The maximum absolute atomic E-state index is 3.55. The molecule has 2 heteroatoms. The SMILES string of the molecule is CCCNC(C)CCCCSCc1ccccc1C. The molecule has 1 nitrogen and oxygen atoms in total. The van der Waals surface area contributed by atoms with Crippen LogP contribution in [0.25, 0.3) is 0 Å². The van der Waals surface area contributed by atoms with Gasteiger partial charge in [-0.3, -0.25) is 0 Å². The first-order chi connectivity index (χ1) is 9.24. The molecular weight excluding hydrogens is 250 g/mol. The van der Waals surface area contributed by atoms with Crippen LogP contribution in [-0.4, -0.2) is 18.3 Å². The Morgan fingerprint density at radius 1 is 1.21 bits per heavy atom. The quantitative estimate of drug-likeness (QED) is 0.618. The number of hydrogen-bond acceptors (Lipinski definition) is 2. The van der Waals surface area contributed by atoms with Crippen LogP contribution >= 0.6 is 11.8 Å². The topological polar surface area (TPSA) is 12.0 Å². The fraction of sp³-hybridized carbons (Fsp3) is 0.647. The summed E-state index contributed by atoms with van der Waals surface area (Å²) in [5.74, 6) is 2.45. The van der Waals surface area contributed by atoms with Gasteiger partial charge in [0.25, 0.3) is 0 Å². The summed E-state index contributed by atoms with van der Waals surface area (Å²) in [6.07, 6.45) is 5.23. The van der Waals surface area contributed by atoms with E-state index < -0.39 is 0 Å². The number of thioether (sulfide) groups is 1. The molecule has 0 saturated carbocycles. The molecule has 0 aromatic heterocycles. The summed E-state index contributed by atoms with van der Waals surface area (Å²) in [5, 5.41) is 3.55. The van der Waals surface area contributed by atoms with E-state index in [9.17, 15) is 0 Å². The van der Waals surface area contributed by atoms with Crippen molar-refractivity contribution in [3.05, 3.63) is 35.4 Å². The van der Waals surface area contributed by atoms with Crippen molar-refractivity contribution in [1.29, 1.82) is 0 Å². The Morgan fingerprint density at radius 2 is 2.00 bits per heavy atom. The highest BCUT2D eigenvalue weighted by Gasteiger charge is 2.00. The molecule has 0 radical (unpaired) electrons. The molecule has 0 spiro atoms. The highest BCUT2D eigenvalue weighted by atomic mass is 32.2. The van der Waals surface area contributed by atoms with Gasteiger partial charge in [-0.25, -0.2) is 0 Å². The smallest absolute Gasteiger partial charge is 0.0187 e. The van der Waals surface area contributed by atoms with E-state index in [1.807, 2.05) is 0 Å². The van der Waals surface area contributed by atoms with Gasteiger partial charge in [0.15, 0.2) is 0 Å². The Bertz CT molecular complexity index is 338. The minimum absolute atomic E-state index is 0.682. The predicted molar refractivity (Wildman–Crippen MR) is 88.9 cm³/mol. The first kappa shape index (κ1) is 16.6. The Kier molecular flexibility index (Phi) is 9.02. The van der Waals surface area contributed by atoms with Gasteiger partial charge in [0.05, 0.1) is 0 Å². The molecule has 1 atom stereocenters. The summed E-state index contributed by atoms with van der Waals surface area (Å²) in [5.41, 5.74) is 2.91. The Hall–Kier alpha value is -0.470. The van der Waals surface area contributed by atoms with Crippen LogP contribution in [-0.2, 0) is 5.75 Å². The largest absolute Gasteiger partial charge is 0.314 e. The molecule has 1 aromatic carbocycles. The number of benzene rings is 1. The van der Waals surface area contributed by atoms with E-state index in [-0.39, 0.29) is 0 Å². The Morgan fingerprint density at radius 3 is 2.74 bits per heavy atom. The normalized spacial score (nSPS) is 12.6. The lowest BCUT2D eigenvalue weighted by atomic mass is 10.1. The lowest BCUT2D eigenvalue weighted by Gasteiger charge is -2.12. The number of rotatable bonds is 10. The van der Waals surface area contributed by atoms with Crippen molar-refractivity contribution in [3.8, 4) is 0 Å². The zero-order valence-corrected chi connectivity index (χ0v) is 13.6. The molecule has 0 aliphatic carbocycles. The molecular formula is C17H29NS. The lowest BCUT2D eigenvalue weighted by Crippen LogP contribution is -2.26. The highest BCUT2D eigenvalue weighted by molar-refractivity contribution is 7.98. The van der Waals surface area contributed by atoms with Gasteiger partial charge in [0.2, 0.25) is 0 Å².